The molecule has 0 unspecified atom stereocenters. The van der Waals surface area contributed by atoms with Gasteiger partial charge in [0.25, 0.3) is 5.91 Å². The number of rotatable bonds is 3. The number of carbonyl (C=O) groups is 2. The van der Waals surface area contributed by atoms with Crippen molar-refractivity contribution < 1.29 is 19.1 Å². The van der Waals surface area contributed by atoms with Crippen molar-refractivity contribution in [3.63, 3.8) is 0 Å². The second kappa shape index (κ2) is 6.05. The third-order valence-corrected chi connectivity index (χ3v) is 3.75. The van der Waals surface area contributed by atoms with E-state index in [0.29, 0.717) is 5.56 Å². The lowest BCUT2D eigenvalue weighted by Gasteiger charge is -2.08. The Morgan fingerprint density at radius 1 is 1.14 bits per heavy atom. The van der Waals surface area contributed by atoms with Gasteiger partial charge in [0.15, 0.2) is 0 Å². The highest BCUT2D eigenvalue weighted by atomic mass is 79.9. The van der Waals surface area contributed by atoms with Crippen LogP contribution in [0.4, 0.5) is 10.1 Å². The predicted molar refractivity (Wildman–Crippen MR) is 80.2 cm³/mol. The quantitative estimate of drug-likeness (QED) is 0.882. The van der Waals surface area contributed by atoms with E-state index in [1.54, 1.807) is 18.2 Å². The van der Waals surface area contributed by atoms with E-state index in [-0.39, 0.29) is 11.3 Å². The molecule has 0 aliphatic rings. The first-order valence-corrected chi connectivity index (χ1v) is 6.78. The van der Waals surface area contributed by atoms with Crippen molar-refractivity contribution in [3.8, 4) is 0 Å². The minimum atomic E-state index is -1.23. The summed E-state index contributed by atoms with van der Waals surface area (Å²) in [5.41, 5.74) is 1.10. The van der Waals surface area contributed by atoms with Crippen LogP contribution in [0.5, 0.6) is 0 Å². The molecule has 0 saturated carbocycles. The first-order valence-electron chi connectivity index (χ1n) is 5.99. The van der Waals surface area contributed by atoms with Crippen molar-refractivity contribution in [2.24, 2.45) is 0 Å². The largest absolute Gasteiger partial charge is 0.478 e. The van der Waals surface area contributed by atoms with E-state index in [2.05, 4.69) is 21.2 Å². The van der Waals surface area contributed by atoms with Crippen LogP contribution in [0.3, 0.4) is 0 Å². The standard InChI is InChI=1S/C15H11BrFNO3/c1-8-2-3-9(6-11(8)16)14(19)18-13-5-4-10(15(20)21)7-12(13)17/h2-7H,1H3,(H,18,19)(H,20,21). The van der Waals surface area contributed by atoms with Crippen LogP contribution in [0.1, 0.15) is 26.3 Å². The maximum absolute atomic E-state index is 13.7. The third-order valence-electron chi connectivity index (χ3n) is 2.90. The van der Waals surface area contributed by atoms with Gasteiger partial charge in [-0.15, -0.1) is 0 Å². The van der Waals surface area contributed by atoms with E-state index < -0.39 is 17.7 Å². The molecule has 1 amide bonds. The van der Waals surface area contributed by atoms with Gasteiger partial charge in [-0.25, -0.2) is 9.18 Å². The highest BCUT2D eigenvalue weighted by Crippen LogP contribution is 2.20. The van der Waals surface area contributed by atoms with Crippen LogP contribution in [0.25, 0.3) is 0 Å². The maximum atomic E-state index is 13.7. The molecular formula is C15H11BrFNO3. The number of amides is 1. The fraction of sp³-hybridized carbons (Fsp3) is 0.0667. The first kappa shape index (κ1) is 15.2. The number of hydrogen-bond donors (Lipinski definition) is 2. The summed E-state index contributed by atoms with van der Waals surface area (Å²) in [5, 5.41) is 11.2. The van der Waals surface area contributed by atoms with Crippen LogP contribution in [0.2, 0.25) is 0 Å². The summed E-state index contributed by atoms with van der Waals surface area (Å²) in [6.45, 7) is 1.88. The Balaban J connectivity index is 2.23. The van der Waals surface area contributed by atoms with Crippen molar-refractivity contribution in [2.75, 3.05) is 5.32 Å². The van der Waals surface area contributed by atoms with Gasteiger partial charge < -0.3 is 10.4 Å². The molecular weight excluding hydrogens is 341 g/mol. The fourth-order valence-electron chi connectivity index (χ4n) is 1.68. The SMILES string of the molecule is Cc1ccc(C(=O)Nc2ccc(C(=O)O)cc2F)cc1Br. The summed E-state index contributed by atoms with van der Waals surface area (Å²) in [6, 6.07) is 8.34. The van der Waals surface area contributed by atoms with Crippen LogP contribution in [0.15, 0.2) is 40.9 Å². The third kappa shape index (κ3) is 3.46. The topological polar surface area (TPSA) is 66.4 Å². The van der Waals surface area contributed by atoms with Gasteiger partial charge in [-0.05, 0) is 42.8 Å². The molecule has 21 heavy (non-hydrogen) atoms. The number of carboxylic acid groups (broad SMARTS) is 1. The predicted octanol–water partition coefficient (Wildman–Crippen LogP) is 3.85. The molecule has 6 heteroatoms. The number of benzene rings is 2. The zero-order valence-electron chi connectivity index (χ0n) is 11.0. The summed E-state index contributed by atoms with van der Waals surface area (Å²) in [5.74, 6) is -2.50. The highest BCUT2D eigenvalue weighted by molar-refractivity contribution is 9.10. The number of hydrogen-bond acceptors (Lipinski definition) is 2. The Morgan fingerprint density at radius 2 is 1.81 bits per heavy atom. The molecule has 0 spiro atoms. The molecule has 0 heterocycles. The molecule has 108 valence electrons. The Labute approximate surface area is 128 Å². The molecule has 2 N–H and O–H groups in total. The summed E-state index contributed by atoms with van der Waals surface area (Å²) in [7, 11) is 0. The Hall–Kier alpha value is -2.21. The zero-order chi connectivity index (χ0) is 15.6. The van der Waals surface area contributed by atoms with Crippen LogP contribution in [0, 0.1) is 12.7 Å². The monoisotopic (exact) mass is 351 g/mol. The molecule has 0 aromatic heterocycles. The second-order valence-corrected chi connectivity index (χ2v) is 5.27. The van der Waals surface area contributed by atoms with Gasteiger partial charge in [0, 0.05) is 10.0 Å². The number of carbonyl (C=O) groups excluding carboxylic acids is 1. The lowest BCUT2D eigenvalue weighted by Crippen LogP contribution is -2.13. The minimum Gasteiger partial charge on any atom is -0.478 e. The molecule has 4 nitrogen and oxygen atoms in total. The molecule has 0 aliphatic carbocycles. The Bertz CT molecular complexity index is 731. The molecule has 0 bridgehead atoms. The van der Waals surface area contributed by atoms with Gasteiger partial charge in [-0.3, -0.25) is 4.79 Å². The first-order chi connectivity index (χ1) is 9.88. The lowest BCUT2D eigenvalue weighted by molar-refractivity contribution is 0.0696. The number of halogens is 2. The number of carboxylic acids is 1. The molecule has 2 aromatic rings. The molecule has 0 radical (unpaired) electrons. The van der Waals surface area contributed by atoms with Crippen molar-refractivity contribution in [1.29, 1.82) is 0 Å². The van der Waals surface area contributed by atoms with E-state index in [0.717, 1.165) is 16.1 Å². The van der Waals surface area contributed by atoms with Crippen LogP contribution < -0.4 is 5.32 Å². The van der Waals surface area contributed by atoms with Gasteiger partial charge >= 0.3 is 5.97 Å². The average Bonchev–Trinajstić information content (AvgIpc) is 2.43. The maximum Gasteiger partial charge on any atom is 0.335 e. The van der Waals surface area contributed by atoms with Crippen molar-refractivity contribution >= 4 is 33.5 Å². The zero-order valence-corrected chi connectivity index (χ0v) is 12.6. The molecule has 2 rings (SSSR count). The van der Waals surface area contributed by atoms with E-state index in [1.165, 1.54) is 12.1 Å². The van der Waals surface area contributed by atoms with E-state index >= 15 is 0 Å². The summed E-state index contributed by atoms with van der Waals surface area (Å²) < 4.78 is 14.5. The van der Waals surface area contributed by atoms with Gasteiger partial charge in [0.05, 0.1) is 11.3 Å². The Kier molecular flexibility index (Phi) is 4.37. The smallest absolute Gasteiger partial charge is 0.335 e. The number of aryl methyl sites for hydroxylation is 1. The van der Waals surface area contributed by atoms with Gasteiger partial charge in [0.2, 0.25) is 0 Å². The van der Waals surface area contributed by atoms with Gasteiger partial charge in [0.1, 0.15) is 5.82 Å². The summed E-state index contributed by atoms with van der Waals surface area (Å²) in [4.78, 5) is 22.8. The normalized spacial score (nSPS) is 10.2. The number of aromatic carboxylic acids is 1. The Morgan fingerprint density at radius 3 is 2.38 bits per heavy atom. The fourth-order valence-corrected chi connectivity index (χ4v) is 2.06. The lowest BCUT2D eigenvalue weighted by atomic mass is 10.1. The summed E-state index contributed by atoms with van der Waals surface area (Å²) in [6.07, 6.45) is 0. The minimum absolute atomic E-state index is 0.0679. The van der Waals surface area contributed by atoms with Gasteiger partial charge in [-0.2, -0.15) is 0 Å². The molecule has 0 fully saturated rings. The van der Waals surface area contributed by atoms with E-state index in [1.807, 2.05) is 6.92 Å². The molecule has 0 saturated heterocycles. The van der Waals surface area contributed by atoms with Crippen molar-refractivity contribution in [3.05, 3.63) is 63.4 Å². The number of anilines is 1. The van der Waals surface area contributed by atoms with E-state index in [4.69, 9.17) is 5.11 Å². The molecule has 2 aromatic carbocycles. The van der Waals surface area contributed by atoms with Crippen LogP contribution in [-0.4, -0.2) is 17.0 Å². The molecule has 0 aliphatic heterocycles. The molecule has 0 atom stereocenters. The highest BCUT2D eigenvalue weighted by Gasteiger charge is 2.12. The van der Waals surface area contributed by atoms with Crippen LogP contribution >= 0.6 is 15.9 Å². The average molecular weight is 352 g/mol. The second-order valence-electron chi connectivity index (χ2n) is 4.42. The van der Waals surface area contributed by atoms with Crippen LogP contribution in [-0.2, 0) is 0 Å². The summed E-state index contributed by atoms with van der Waals surface area (Å²) >= 11 is 3.32. The van der Waals surface area contributed by atoms with E-state index in [9.17, 15) is 14.0 Å². The van der Waals surface area contributed by atoms with Crippen molar-refractivity contribution in [1.82, 2.24) is 0 Å². The van der Waals surface area contributed by atoms with Gasteiger partial charge in [-0.1, -0.05) is 22.0 Å². The number of nitrogens with one attached hydrogen (secondary N) is 1. The van der Waals surface area contributed by atoms with Crippen molar-refractivity contribution in [2.45, 2.75) is 6.92 Å².